The Balaban J connectivity index is 0.00000312. The molecule has 0 aromatic heterocycles. The molecular formula is C18H26ClF3N2O. The lowest BCUT2D eigenvalue weighted by Gasteiger charge is -2.38. The molecule has 1 heterocycles. The number of nitrogens with two attached hydrogens (primary N) is 1. The van der Waals surface area contributed by atoms with Crippen LogP contribution in [-0.4, -0.2) is 29.4 Å². The summed E-state index contributed by atoms with van der Waals surface area (Å²) in [6.07, 6.45) is -1.54. The molecule has 1 aromatic rings. The van der Waals surface area contributed by atoms with Gasteiger partial charge in [0.1, 0.15) is 0 Å². The Kier molecular flexibility index (Phi) is 7.75. The Morgan fingerprint density at radius 2 is 1.92 bits per heavy atom. The van der Waals surface area contributed by atoms with Crippen LogP contribution in [0.2, 0.25) is 0 Å². The molecule has 0 saturated carbocycles. The van der Waals surface area contributed by atoms with Crippen molar-refractivity contribution in [2.45, 2.75) is 63.7 Å². The molecule has 2 N–H and O–H groups in total. The molecule has 25 heavy (non-hydrogen) atoms. The molecule has 1 saturated heterocycles. The first kappa shape index (κ1) is 21.8. The Bertz CT molecular complexity index is 578. The number of amides is 1. The van der Waals surface area contributed by atoms with Crippen molar-refractivity contribution >= 4 is 18.3 Å². The Hall–Kier alpha value is -1.27. The van der Waals surface area contributed by atoms with E-state index >= 15 is 0 Å². The number of hydrogen-bond acceptors (Lipinski definition) is 2. The summed E-state index contributed by atoms with van der Waals surface area (Å²) >= 11 is 0. The molecule has 1 aromatic carbocycles. The van der Waals surface area contributed by atoms with E-state index in [0.29, 0.717) is 6.54 Å². The Morgan fingerprint density at radius 1 is 1.28 bits per heavy atom. The van der Waals surface area contributed by atoms with Crippen molar-refractivity contribution in [2.75, 3.05) is 6.54 Å². The minimum atomic E-state index is -4.41. The first-order valence-corrected chi connectivity index (χ1v) is 8.43. The van der Waals surface area contributed by atoms with E-state index in [2.05, 4.69) is 0 Å². The van der Waals surface area contributed by atoms with Crippen LogP contribution in [0.3, 0.4) is 0 Å². The van der Waals surface area contributed by atoms with Gasteiger partial charge in [0.25, 0.3) is 0 Å². The third kappa shape index (κ3) is 5.35. The highest BCUT2D eigenvalue weighted by Gasteiger charge is 2.35. The second-order valence-electron chi connectivity index (χ2n) is 6.70. The second-order valence-corrected chi connectivity index (χ2v) is 6.70. The van der Waals surface area contributed by atoms with Crippen LogP contribution in [0.15, 0.2) is 24.3 Å². The van der Waals surface area contributed by atoms with Crippen LogP contribution in [0.1, 0.15) is 56.6 Å². The number of benzene rings is 1. The number of hydrogen-bond donors (Lipinski definition) is 1. The molecule has 1 fully saturated rings. The zero-order chi connectivity index (χ0) is 17.9. The van der Waals surface area contributed by atoms with Crippen molar-refractivity contribution in [1.82, 2.24) is 4.90 Å². The van der Waals surface area contributed by atoms with Gasteiger partial charge in [-0.15, -0.1) is 12.4 Å². The van der Waals surface area contributed by atoms with E-state index in [0.717, 1.165) is 25.3 Å². The van der Waals surface area contributed by atoms with Gasteiger partial charge in [-0.05, 0) is 43.7 Å². The maximum atomic E-state index is 13.2. The molecule has 0 aliphatic carbocycles. The van der Waals surface area contributed by atoms with Crippen molar-refractivity contribution in [3.8, 4) is 0 Å². The first-order valence-electron chi connectivity index (χ1n) is 8.43. The standard InChI is InChI=1S/C18H25F3N2O.ClH/c1-12(14-7-3-4-8-15(14)18(19,20)21)11-17(24)23-10-6-5-9-16(23)13(2)22;/h3-4,7-8,12-13,16H,5-6,9-11,22H2,1-2H3;1H. The molecule has 3 atom stereocenters. The van der Waals surface area contributed by atoms with Gasteiger partial charge >= 0.3 is 6.18 Å². The van der Waals surface area contributed by atoms with Gasteiger partial charge in [0, 0.05) is 25.0 Å². The monoisotopic (exact) mass is 378 g/mol. The quantitative estimate of drug-likeness (QED) is 0.846. The summed E-state index contributed by atoms with van der Waals surface area (Å²) in [6.45, 7) is 4.19. The fraction of sp³-hybridized carbons (Fsp3) is 0.611. The molecule has 0 bridgehead atoms. The Labute approximate surface area is 153 Å². The number of nitrogens with zero attached hydrogens (tertiary/aromatic N) is 1. The largest absolute Gasteiger partial charge is 0.416 e. The molecule has 3 unspecified atom stereocenters. The van der Waals surface area contributed by atoms with Gasteiger partial charge in [0.15, 0.2) is 0 Å². The highest BCUT2D eigenvalue weighted by Crippen LogP contribution is 2.36. The van der Waals surface area contributed by atoms with Crippen LogP contribution in [0.4, 0.5) is 13.2 Å². The number of alkyl halides is 3. The van der Waals surface area contributed by atoms with Crippen molar-refractivity contribution < 1.29 is 18.0 Å². The molecule has 7 heteroatoms. The second kappa shape index (κ2) is 8.90. The number of carbonyl (C=O) groups is 1. The normalized spacial score (nSPS) is 20.6. The average molecular weight is 379 g/mol. The fourth-order valence-electron chi connectivity index (χ4n) is 3.49. The van der Waals surface area contributed by atoms with E-state index in [1.165, 1.54) is 12.1 Å². The zero-order valence-electron chi connectivity index (χ0n) is 14.6. The average Bonchev–Trinajstić information content (AvgIpc) is 2.53. The van der Waals surface area contributed by atoms with Crippen LogP contribution in [0, 0.1) is 0 Å². The van der Waals surface area contributed by atoms with Gasteiger partial charge in [-0.1, -0.05) is 25.1 Å². The molecular weight excluding hydrogens is 353 g/mol. The van der Waals surface area contributed by atoms with Crippen LogP contribution in [0.5, 0.6) is 0 Å². The maximum absolute atomic E-state index is 13.2. The van der Waals surface area contributed by atoms with Crippen molar-refractivity contribution in [1.29, 1.82) is 0 Å². The van der Waals surface area contributed by atoms with Gasteiger partial charge < -0.3 is 10.6 Å². The highest BCUT2D eigenvalue weighted by atomic mass is 35.5. The summed E-state index contributed by atoms with van der Waals surface area (Å²) in [5, 5.41) is 0. The van der Waals surface area contributed by atoms with Crippen LogP contribution >= 0.6 is 12.4 Å². The molecule has 1 aliphatic heterocycles. The van der Waals surface area contributed by atoms with Crippen LogP contribution in [0.25, 0.3) is 0 Å². The topological polar surface area (TPSA) is 46.3 Å². The SMILES string of the molecule is CC(CC(=O)N1CCCCC1C(C)N)c1ccccc1C(F)(F)F.Cl. The highest BCUT2D eigenvalue weighted by molar-refractivity contribution is 5.85. The van der Waals surface area contributed by atoms with Crippen molar-refractivity contribution in [3.63, 3.8) is 0 Å². The van der Waals surface area contributed by atoms with E-state index in [1.807, 2.05) is 6.92 Å². The van der Waals surface area contributed by atoms with Crippen LogP contribution in [-0.2, 0) is 11.0 Å². The third-order valence-corrected chi connectivity index (χ3v) is 4.75. The molecule has 0 radical (unpaired) electrons. The summed E-state index contributed by atoms with van der Waals surface area (Å²) in [7, 11) is 0. The predicted octanol–water partition coefficient (Wildman–Crippen LogP) is 4.35. The lowest BCUT2D eigenvalue weighted by molar-refractivity contribution is -0.139. The van der Waals surface area contributed by atoms with E-state index in [1.54, 1.807) is 17.9 Å². The molecule has 1 aliphatic rings. The summed E-state index contributed by atoms with van der Waals surface area (Å²) in [4.78, 5) is 14.4. The lowest BCUT2D eigenvalue weighted by Crippen LogP contribution is -2.51. The van der Waals surface area contributed by atoms with E-state index in [4.69, 9.17) is 5.73 Å². The molecule has 3 nitrogen and oxygen atoms in total. The summed E-state index contributed by atoms with van der Waals surface area (Å²) in [6, 6.07) is 5.33. The summed E-state index contributed by atoms with van der Waals surface area (Å²) in [5.41, 5.74) is 5.49. The first-order chi connectivity index (χ1) is 11.2. The van der Waals surface area contributed by atoms with Crippen LogP contribution < -0.4 is 5.73 Å². The predicted molar refractivity (Wildman–Crippen MR) is 94.7 cm³/mol. The third-order valence-electron chi connectivity index (χ3n) is 4.75. The minimum Gasteiger partial charge on any atom is -0.338 e. The molecule has 2 rings (SSSR count). The zero-order valence-corrected chi connectivity index (χ0v) is 15.4. The van der Waals surface area contributed by atoms with Gasteiger partial charge in [-0.3, -0.25) is 4.79 Å². The van der Waals surface area contributed by atoms with Gasteiger partial charge in [-0.2, -0.15) is 13.2 Å². The van der Waals surface area contributed by atoms with Gasteiger partial charge in [-0.25, -0.2) is 0 Å². The number of halogens is 4. The van der Waals surface area contributed by atoms with E-state index < -0.39 is 17.7 Å². The smallest absolute Gasteiger partial charge is 0.338 e. The fourth-order valence-corrected chi connectivity index (χ4v) is 3.49. The molecule has 1 amide bonds. The Morgan fingerprint density at radius 3 is 2.52 bits per heavy atom. The lowest BCUT2D eigenvalue weighted by atomic mass is 9.90. The number of piperidine rings is 1. The minimum absolute atomic E-state index is 0. The van der Waals surface area contributed by atoms with E-state index in [9.17, 15) is 18.0 Å². The number of likely N-dealkylation sites (tertiary alicyclic amines) is 1. The van der Waals surface area contributed by atoms with E-state index in [-0.39, 0.29) is 42.4 Å². The van der Waals surface area contributed by atoms with Gasteiger partial charge in [0.05, 0.1) is 5.56 Å². The number of carbonyl (C=O) groups excluding carboxylic acids is 1. The number of rotatable bonds is 4. The summed E-state index contributed by atoms with van der Waals surface area (Å²) < 4.78 is 39.5. The van der Waals surface area contributed by atoms with Crippen molar-refractivity contribution in [3.05, 3.63) is 35.4 Å². The van der Waals surface area contributed by atoms with Gasteiger partial charge in [0.2, 0.25) is 5.91 Å². The maximum Gasteiger partial charge on any atom is 0.416 e. The molecule has 0 spiro atoms. The summed E-state index contributed by atoms with van der Waals surface area (Å²) in [5.74, 6) is -0.604. The van der Waals surface area contributed by atoms with Crippen molar-refractivity contribution in [2.24, 2.45) is 5.73 Å². The molecule has 142 valence electrons.